The quantitative estimate of drug-likeness (QED) is 0.130. The summed E-state index contributed by atoms with van der Waals surface area (Å²) in [6.07, 6.45) is 5.21. The highest BCUT2D eigenvalue weighted by Crippen LogP contribution is 2.32. The van der Waals surface area contributed by atoms with Crippen LogP contribution in [0.4, 0.5) is 11.9 Å². The van der Waals surface area contributed by atoms with Crippen molar-refractivity contribution in [3.8, 4) is 0 Å². The third-order valence-corrected chi connectivity index (χ3v) is 9.09. The molecule has 17 nitrogen and oxygen atoms in total. The fraction of sp³-hybridized carbons (Fsp3) is 0.243. The van der Waals surface area contributed by atoms with Crippen molar-refractivity contribution in [3.05, 3.63) is 94.3 Å². The van der Waals surface area contributed by atoms with E-state index in [1.165, 1.54) is 6.26 Å². The fourth-order valence-electron chi connectivity index (χ4n) is 6.73. The first kappa shape index (κ1) is 35.4. The minimum atomic E-state index is -0.645. The lowest BCUT2D eigenvalue weighted by molar-refractivity contribution is 0.0992. The van der Waals surface area contributed by atoms with Crippen LogP contribution in [0.1, 0.15) is 72.5 Å². The van der Waals surface area contributed by atoms with Crippen molar-refractivity contribution >= 4 is 68.6 Å². The van der Waals surface area contributed by atoms with Gasteiger partial charge in [-0.25, -0.2) is 9.97 Å². The number of rotatable bonds is 12. The molecule has 276 valence electrons. The number of amides is 4. The molecule has 0 saturated heterocycles. The molecule has 0 atom stereocenters. The number of nitrogens with one attached hydrogen (secondary N) is 2. The summed E-state index contributed by atoms with van der Waals surface area (Å²) in [4.78, 5) is 61.0. The Hall–Kier alpha value is -7.04. The van der Waals surface area contributed by atoms with E-state index in [-0.39, 0.29) is 30.5 Å². The number of carbonyl (C=O) groups is 4. The second-order valence-corrected chi connectivity index (χ2v) is 12.8. The SMILES string of the molecule is CCn1nc(C)cc1C(=O)Nc1nc2cc(C(N)=O)cc(C)c2n1C/C=C/Cn1c(NC(=O)c2cc(C)nn2CC)nc2cc(C(N)=O)c3ccoc3c21. The molecule has 0 unspecified atom stereocenters. The summed E-state index contributed by atoms with van der Waals surface area (Å²) in [5, 5.41) is 15.1. The van der Waals surface area contributed by atoms with E-state index in [9.17, 15) is 19.2 Å². The van der Waals surface area contributed by atoms with Crippen LogP contribution in [-0.4, -0.2) is 62.3 Å². The van der Waals surface area contributed by atoms with Crippen LogP contribution in [0.15, 0.2) is 59.2 Å². The number of carbonyl (C=O) groups excluding carboxylic acids is 4. The third kappa shape index (κ3) is 6.24. The Kier molecular flexibility index (Phi) is 9.06. The van der Waals surface area contributed by atoms with E-state index in [1.807, 2.05) is 51.3 Å². The lowest BCUT2D eigenvalue weighted by atomic mass is 10.1. The zero-order valence-electron chi connectivity index (χ0n) is 30.3. The Balaban J connectivity index is 1.27. The Morgan fingerprint density at radius 2 is 1.28 bits per heavy atom. The fourth-order valence-corrected chi connectivity index (χ4v) is 6.73. The number of anilines is 2. The van der Waals surface area contributed by atoms with Crippen LogP contribution in [-0.2, 0) is 26.2 Å². The van der Waals surface area contributed by atoms with Gasteiger partial charge in [0.1, 0.15) is 16.9 Å². The molecule has 4 amide bonds. The zero-order chi connectivity index (χ0) is 38.4. The summed E-state index contributed by atoms with van der Waals surface area (Å²) in [7, 11) is 0. The molecule has 0 aliphatic heterocycles. The van der Waals surface area contributed by atoms with Crippen LogP contribution in [0.2, 0.25) is 0 Å². The highest BCUT2D eigenvalue weighted by atomic mass is 16.3. The molecule has 0 bridgehead atoms. The van der Waals surface area contributed by atoms with Gasteiger partial charge < -0.3 is 25.0 Å². The molecule has 5 heterocycles. The minimum absolute atomic E-state index is 0.206. The van der Waals surface area contributed by atoms with Gasteiger partial charge in [0.05, 0.1) is 39.8 Å². The third-order valence-electron chi connectivity index (χ3n) is 9.09. The molecule has 0 radical (unpaired) electrons. The molecule has 5 aromatic heterocycles. The van der Waals surface area contributed by atoms with Crippen molar-refractivity contribution in [2.24, 2.45) is 11.5 Å². The van der Waals surface area contributed by atoms with Gasteiger partial charge in [-0.1, -0.05) is 12.2 Å². The van der Waals surface area contributed by atoms with Crippen molar-refractivity contribution in [2.75, 3.05) is 10.6 Å². The maximum Gasteiger partial charge on any atom is 0.276 e. The number of hydrogen-bond acceptors (Lipinski definition) is 9. The summed E-state index contributed by atoms with van der Waals surface area (Å²) in [5.74, 6) is -1.59. The van der Waals surface area contributed by atoms with Gasteiger partial charge in [-0.05, 0) is 76.6 Å². The van der Waals surface area contributed by atoms with Gasteiger partial charge in [0.25, 0.3) is 11.8 Å². The molecule has 0 aliphatic carbocycles. The number of furan rings is 1. The number of aromatic nitrogens is 8. The summed E-state index contributed by atoms with van der Waals surface area (Å²) < 4.78 is 12.7. The maximum atomic E-state index is 13.6. The lowest BCUT2D eigenvalue weighted by Gasteiger charge is -2.11. The Bertz CT molecular complexity index is 2690. The summed E-state index contributed by atoms with van der Waals surface area (Å²) in [6.45, 7) is 10.7. The van der Waals surface area contributed by atoms with Gasteiger partial charge in [-0.3, -0.25) is 39.2 Å². The zero-order valence-corrected chi connectivity index (χ0v) is 30.3. The number of nitrogens with two attached hydrogens (primary N) is 2. The highest BCUT2D eigenvalue weighted by Gasteiger charge is 2.23. The first-order chi connectivity index (χ1) is 25.9. The Morgan fingerprint density at radius 3 is 1.80 bits per heavy atom. The van der Waals surface area contributed by atoms with Gasteiger partial charge in [-0.15, -0.1) is 0 Å². The minimum Gasteiger partial charge on any atom is -0.462 e. The number of hydrogen-bond donors (Lipinski definition) is 4. The van der Waals surface area contributed by atoms with Gasteiger partial charge >= 0.3 is 0 Å². The highest BCUT2D eigenvalue weighted by molar-refractivity contribution is 6.14. The van der Waals surface area contributed by atoms with E-state index in [1.54, 1.807) is 50.3 Å². The number of allylic oxidation sites excluding steroid dienone is 2. The molecule has 0 saturated carbocycles. The second kappa shape index (κ2) is 13.8. The van der Waals surface area contributed by atoms with Crippen molar-refractivity contribution in [1.82, 2.24) is 38.7 Å². The van der Waals surface area contributed by atoms with Gasteiger partial charge in [0.2, 0.25) is 23.7 Å². The summed E-state index contributed by atoms with van der Waals surface area (Å²) >= 11 is 0. The number of nitrogens with zero attached hydrogens (tertiary/aromatic N) is 8. The van der Waals surface area contributed by atoms with Crippen LogP contribution >= 0.6 is 0 Å². The van der Waals surface area contributed by atoms with E-state index in [0.29, 0.717) is 74.5 Å². The number of aryl methyl sites for hydroxylation is 5. The number of fused-ring (bicyclic) bond motifs is 4. The van der Waals surface area contributed by atoms with E-state index in [0.717, 1.165) is 5.56 Å². The van der Waals surface area contributed by atoms with Gasteiger partial charge in [0.15, 0.2) is 5.58 Å². The van der Waals surface area contributed by atoms with Crippen LogP contribution in [0, 0.1) is 20.8 Å². The lowest BCUT2D eigenvalue weighted by Crippen LogP contribution is -2.20. The molecule has 0 fully saturated rings. The number of imidazole rings is 2. The predicted octanol–water partition coefficient (Wildman–Crippen LogP) is 4.45. The number of benzene rings is 2. The van der Waals surface area contributed by atoms with Crippen molar-refractivity contribution < 1.29 is 23.6 Å². The van der Waals surface area contributed by atoms with Gasteiger partial charge in [-0.2, -0.15) is 10.2 Å². The monoisotopic (exact) mass is 730 g/mol. The number of primary amides is 2. The maximum absolute atomic E-state index is 13.6. The van der Waals surface area contributed by atoms with Crippen molar-refractivity contribution in [1.29, 1.82) is 0 Å². The molecule has 17 heteroatoms. The van der Waals surface area contributed by atoms with E-state index in [2.05, 4.69) is 20.8 Å². The molecule has 2 aromatic carbocycles. The second-order valence-electron chi connectivity index (χ2n) is 12.8. The molecular formula is C37H38N12O5. The van der Waals surface area contributed by atoms with Crippen LogP contribution < -0.4 is 22.1 Å². The summed E-state index contributed by atoms with van der Waals surface area (Å²) in [6, 6.07) is 9.90. The van der Waals surface area contributed by atoms with Gasteiger partial charge in [0, 0.05) is 37.1 Å². The molecule has 54 heavy (non-hydrogen) atoms. The normalized spacial score (nSPS) is 11.7. The predicted molar refractivity (Wildman–Crippen MR) is 201 cm³/mol. The van der Waals surface area contributed by atoms with Crippen LogP contribution in [0.25, 0.3) is 33.0 Å². The molecule has 7 rings (SSSR count). The smallest absolute Gasteiger partial charge is 0.276 e. The summed E-state index contributed by atoms with van der Waals surface area (Å²) in [5.41, 5.74) is 17.2. The molecule has 0 aliphatic rings. The van der Waals surface area contributed by atoms with Crippen LogP contribution in [0.3, 0.4) is 0 Å². The molecule has 7 aromatic rings. The average molecular weight is 731 g/mol. The van der Waals surface area contributed by atoms with E-state index >= 15 is 0 Å². The van der Waals surface area contributed by atoms with Crippen molar-refractivity contribution in [3.63, 3.8) is 0 Å². The van der Waals surface area contributed by atoms with E-state index in [4.69, 9.17) is 25.9 Å². The molecule has 6 N–H and O–H groups in total. The average Bonchev–Trinajstić information content (AvgIpc) is 3.96. The largest absolute Gasteiger partial charge is 0.462 e. The Labute approximate surface area is 307 Å². The standard InChI is InChI=1S/C37H38N12O5/c1-6-48-27(15-20(4)44-48)34(52)42-36-40-25-17-22(32(38)50)14-19(3)29(25)46(36)11-8-9-12-47-30-26(18-24(33(39)51)23-10-13-54-31(23)30)41-37(47)43-35(53)28-16-21(5)45-49(28)7-2/h8-10,13-18H,6-7,11-12H2,1-5H3,(H2,38,50)(H2,39,51)(H,40,42,52)(H,41,43,53)/b9-8+. The first-order valence-electron chi connectivity index (χ1n) is 17.3. The first-order valence-corrected chi connectivity index (χ1v) is 17.3. The topological polar surface area (TPSA) is 229 Å². The Morgan fingerprint density at radius 1 is 0.741 bits per heavy atom. The molecule has 0 spiro atoms. The van der Waals surface area contributed by atoms with E-state index < -0.39 is 23.6 Å². The molecular weight excluding hydrogens is 692 g/mol. The van der Waals surface area contributed by atoms with Crippen molar-refractivity contribution in [2.45, 2.75) is 60.8 Å². The van der Waals surface area contributed by atoms with Crippen LogP contribution in [0.5, 0.6) is 0 Å².